The Morgan fingerprint density at radius 1 is 1.33 bits per heavy atom. The van der Waals surface area contributed by atoms with Gasteiger partial charge in [-0.3, -0.25) is 15.1 Å². The van der Waals surface area contributed by atoms with E-state index in [1.807, 2.05) is 0 Å². The van der Waals surface area contributed by atoms with E-state index < -0.39 is 10.9 Å². The lowest BCUT2D eigenvalue weighted by Gasteiger charge is -1.98. The van der Waals surface area contributed by atoms with Crippen LogP contribution in [0, 0.1) is 22.0 Å². The van der Waals surface area contributed by atoms with Crippen LogP contribution in [0.25, 0.3) is 11.0 Å². The Bertz CT molecular complexity index is 974. The summed E-state index contributed by atoms with van der Waals surface area (Å²) in [6.07, 6.45) is 1.42. The van der Waals surface area contributed by atoms with Crippen LogP contribution in [0.1, 0.15) is 15.4 Å². The van der Waals surface area contributed by atoms with E-state index in [2.05, 4.69) is 21.8 Å². The second-order valence-electron chi connectivity index (χ2n) is 4.54. The Balaban J connectivity index is 1.68. The van der Waals surface area contributed by atoms with Crippen LogP contribution in [0.2, 0.25) is 0 Å². The van der Waals surface area contributed by atoms with Gasteiger partial charge in [-0.15, -0.1) is 11.3 Å². The molecule has 118 valence electrons. The molecule has 0 aliphatic rings. The fourth-order valence-electron chi connectivity index (χ4n) is 1.87. The third-order valence-corrected chi connectivity index (χ3v) is 3.80. The Hall–Kier alpha value is -3.31. The van der Waals surface area contributed by atoms with Crippen LogP contribution in [-0.2, 0) is 4.74 Å². The maximum absolute atomic E-state index is 11.6. The van der Waals surface area contributed by atoms with Crippen LogP contribution >= 0.6 is 11.3 Å². The molecule has 0 saturated heterocycles. The lowest BCUT2D eigenvalue weighted by Crippen LogP contribution is -2.02. The molecule has 0 amide bonds. The van der Waals surface area contributed by atoms with Gasteiger partial charge in [0.2, 0.25) is 0 Å². The van der Waals surface area contributed by atoms with Crippen molar-refractivity contribution >= 4 is 34.0 Å². The van der Waals surface area contributed by atoms with Gasteiger partial charge in [0.05, 0.1) is 22.2 Å². The van der Waals surface area contributed by atoms with Crippen LogP contribution < -0.4 is 0 Å². The molecule has 0 radical (unpaired) electrons. The highest BCUT2D eigenvalue weighted by atomic mass is 32.1. The van der Waals surface area contributed by atoms with Crippen molar-refractivity contribution in [2.24, 2.45) is 0 Å². The number of nitrogens with zero attached hydrogens (tertiary/aromatic N) is 3. The second-order valence-corrected chi connectivity index (χ2v) is 5.49. The first-order valence-corrected chi connectivity index (χ1v) is 7.62. The highest BCUT2D eigenvalue weighted by Crippen LogP contribution is 2.17. The molecule has 0 fully saturated rings. The van der Waals surface area contributed by atoms with Crippen molar-refractivity contribution in [3.63, 3.8) is 0 Å². The molecule has 24 heavy (non-hydrogen) atoms. The van der Waals surface area contributed by atoms with Gasteiger partial charge in [-0.25, -0.2) is 9.78 Å². The van der Waals surface area contributed by atoms with Crippen molar-refractivity contribution in [2.45, 2.75) is 0 Å². The molecule has 0 aliphatic carbocycles. The Morgan fingerprint density at radius 2 is 2.21 bits per heavy atom. The van der Waals surface area contributed by atoms with Gasteiger partial charge in [-0.2, -0.15) is 0 Å². The van der Waals surface area contributed by atoms with E-state index in [1.165, 1.54) is 35.7 Å². The number of fused-ring (bicyclic) bond motifs is 1. The van der Waals surface area contributed by atoms with Crippen LogP contribution in [-0.4, -0.2) is 27.5 Å². The molecule has 8 heteroatoms. The van der Waals surface area contributed by atoms with E-state index in [9.17, 15) is 14.9 Å². The molecular weight excluding hydrogens is 330 g/mol. The Kier molecular flexibility index (Phi) is 4.45. The molecule has 0 spiro atoms. The number of hydrogen-bond acceptors (Lipinski definition) is 7. The van der Waals surface area contributed by atoms with Gasteiger partial charge in [-0.05, 0) is 23.4 Å². The zero-order valence-electron chi connectivity index (χ0n) is 12.1. The minimum Gasteiger partial charge on any atom is -0.448 e. The number of rotatable bonds is 3. The van der Waals surface area contributed by atoms with Crippen LogP contribution in [0.4, 0.5) is 5.69 Å². The number of hydrogen-bond donors (Lipinski definition) is 0. The lowest BCUT2D eigenvalue weighted by atomic mass is 10.2. The number of ether oxygens (including phenoxy) is 1. The van der Waals surface area contributed by atoms with Crippen molar-refractivity contribution < 1.29 is 14.5 Å². The number of thiophene rings is 1. The molecule has 0 saturated carbocycles. The summed E-state index contributed by atoms with van der Waals surface area (Å²) in [5.74, 6) is 5.01. The summed E-state index contributed by atoms with van der Waals surface area (Å²) in [5, 5.41) is 12.5. The average molecular weight is 339 g/mol. The predicted octanol–water partition coefficient (Wildman–Crippen LogP) is 2.81. The molecule has 1 aromatic carbocycles. The summed E-state index contributed by atoms with van der Waals surface area (Å²) in [7, 11) is 0. The monoisotopic (exact) mass is 339 g/mol. The van der Waals surface area contributed by atoms with Gasteiger partial charge in [0, 0.05) is 12.1 Å². The Labute approximate surface area is 140 Å². The van der Waals surface area contributed by atoms with Crippen molar-refractivity contribution in [2.75, 3.05) is 6.61 Å². The summed E-state index contributed by atoms with van der Waals surface area (Å²) in [4.78, 5) is 30.7. The van der Waals surface area contributed by atoms with Crippen LogP contribution in [0.5, 0.6) is 0 Å². The minimum atomic E-state index is -0.489. The normalized spacial score (nSPS) is 10.0. The van der Waals surface area contributed by atoms with Gasteiger partial charge in [0.25, 0.3) is 5.69 Å². The standard InChI is InChI=1S/C16H9N3O4S/c20-16(15-4-2-8-24-15)23-7-1-3-11-10-17-14-9-12(19(21)22)5-6-13(14)18-11/h2,4-6,8-10H,7H2. The van der Waals surface area contributed by atoms with E-state index in [1.54, 1.807) is 17.5 Å². The zero-order chi connectivity index (χ0) is 16.9. The second kappa shape index (κ2) is 6.85. The van der Waals surface area contributed by atoms with Crippen molar-refractivity contribution in [3.05, 3.63) is 62.6 Å². The molecule has 0 atom stereocenters. The van der Waals surface area contributed by atoms with E-state index in [0.29, 0.717) is 21.6 Å². The molecule has 3 rings (SSSR count). The summed E-state index contributed by atoms with van der Waals surface area (Å²) in [5.41, 5.74) is 1.27. The molecule has 0 unspecified atom stereocenters. The van der Waals surface area contributed by atoms with Crippen LogP contribution in [0.3, 0.4) is 0 Å². The smallest absolute Gasteiger partial charge is 0.349 e. The highest BCUT2D eigenvalue weighted by molar-refractivity contribution is 7.11. The maximum atomic E-state index is 11.6. The lowest BCUT2D eigenvalue weighted by molar-refractivity contribution is -0.384. The Morgan fingerprint density at radius 3 is 2.96 bits per heavy atom. The number of carbonyl (C=O) groups excluding carboxylic acids is 1. The summed E-state index contributed by atoms with van der Waals surface area (Å²) in [6.45, 7) is -0.0588. The molecule has 7 nitrogen and oxygen atoms in total. The number of carbonyl (C=O) groups is 1. The number of benzene rings is 1. The number of non-ortho nitro benzene ring substituents is 1. The maximum Gasteiger partial charge on any atom is 0.349 e. The van der Waals surface area contributed by atoms with E-state index in [4.69, 9.17) is 4.74 Å². The predicted molar refractivity (Wildman–Crippen MR) is 87.7 cm³/mol. The number of esters is 1. The largest absolute Gasteiger partial charge is 0.448 e. The molecule has 0 aliphatic heterocycles. The number of aromatic nitrogens is 2. The molecule has 2 heterocycles. The first-order chi connectivity index (χ1) is 11.6. The van der Waals surface area contributed by atoms with E-state index in [0.717, 1.165) is 0 Å². The minimum absolute atomic E-state index is 0.0453. The quantitative estimate of drug-likeness (QED) is 0.315. The average Bonchev–Trinajstić information content (AvgIpc) is 3.12. The van der Waals surface area contributed by atoms with E-state index >= 15 is 0 Å². The van der Waals surface area contributed by atoms with Crippen molar-refractivity contribution in [3.8, 4) is 11.8 Å². The fraction of sp³-hybridized carbons (Fsp3) is 0.0625. The third kappa shape index (κ3) is 3.53. The topological polar surface area (TPSA) is 95.2 Å². The first kappa shape index (κ1) is 15.6. The van der Waals surface area contributed by atoms with Gasteiger partial charge >= 0.3 is 5.97 Å². The van der Waals surface area contributed by atoms with E-state index in [-0.39, 0.29) is 12.3 Å². The van der Waals surface area contributed by atoms with Gasteiger partial charge in [-0.1, -0.05) is 12.0 Å². The van der Waals surface area contributed by atoms with Gasteiger partial charge < -0.3 is 4.74 Å². The zero-order valence-corrected chi connectivity index (χ0v) is 12.9. The molecule has 2 aromatic heterocycles. The SMILES string of the molecule is O=C(OCC#Cc1cnc2cc([N+](=O)[O-])ccc2n1)c1cccs1. The molecule has 3 aromatic rings. The third-order valence-electron chi connectivity index (χ3n) is 2.95. The summed E-state index contributed by atoms with van der Waals surface area (Å²) in [6, 6.07) is 7.66. The van der Waals surface area contributed by atoms with Gasteiger partial charge in [0.1, 0.15) is 10.6 Å². The summed E-state index contributed by atoms with van der Waals surface area (Å²) >= 11 is 1.30. The van der Waals surface area contributed by atoms with Crippen LogP contribution in [0.15, 0.2) is 41.9 Å². The number of nitro benzene ring substituents is 1. The van der Waals surface area contributed by atoms with Gasteiger partial charge in [0.15, 0.2) is 6.61 Å². The summed E-state index contributed by atoms with van der Waals surface area (Å²) < 4.78 is 5.01. The number of nitro groups is 1. The first-order valence-electron chi connectivity index (χ1n) is 6.74. The molecule has 0 bridgehead atoms. The van der Waals surface area contributed by atoms with Crippen molar-refractivity contribution in [1.29, 1.82) is 0 Å². The van der Waals surface area contributed by atoms with Crippen molar-refractivity contribution in [1.82, 2.24) is 9.97 Å². The fourth-order valence-corrected chi connectivity index (χ4v) is 2.48. The molecule has 0 N–H and O–H groups in total. The highest BCUT2D eigenvalue weighted by Gasteiger charge is 2.08. The molecular formula is C16H9N3O4S.